The zero-order valence-electron chi connectivity index (χ0n) is 9.42. The normalized spacial score (nSPS) is 13.5. The van der Waals surface area contributed by atoms with Crippen molar-refractivity contribution >= 4 is 5.78 Å². The van der Waals surface area contributed by atoms with Gasteiger partial charge in [-0.05, 0) is 25.1 Å². The maximum Gasteiger partial charge on any atom is 0.416 e. The van der Waals surface area contributed by atoms with Crippen LogP contribution in [0.1, 0.15) is 29.3 Å². The van der Waals surface area contributed by atoms with Crippen molar-refractivity contribution in [3.05, 3.63) is 35.4 Å². The highest BCUT2D eigenvalue weighted by atomic mass is 19.4. The van der Waals surface area contributed by atoms with E-state index in [1.807, 2.05) is 0 Å². The molecule has 17 heavy (non-hydrogen) atoms. The van der Waals surface area contributed by atoms with Gasteiger partial charge >= 0.3 is 6.18 Å². The molecule has 2 N–H and O–H groups in total. The zero-order chi connectivity index (χ0) is 13.1. The standard InChI is InChI=1S/C12H14F3NO/c1-8(5-6-16)11(17)9-3-2-4-10(7-9)12(13,14)15/h2-4,7-8H,5-6,16H2,1H3. The Morgan fingerprint density at radius 2 is 2.06 bits per heavy atom. The molecule has 1 atom stereocenters. The number of Topliss-reactive ketones (excluding diaryl/α,β-unsaturated/α-hetero) is 1. The fraction of sp³-hybridized carbons (Fsp3) is 0.417. The van der Waals surface area contributed by atoms with Crippen LogP contribution in [-0.2, 0) is 6.18 Å². The summed E-state index contributed by atoms with van der Waals surface area (Å²) in [5.41, 5.74) is 4.59. The molecule has 1 aromatic carbocycles. The topological polar surface area (TPSA) is 43.1 Å². The Kier molecular flexibility index (Phi) is 4.28. The minimum absolute atomic E-state index is 0.0841. The first kappa shape index (κ1) is 13.7. The van der Waals surface area contributed by atoms with E-state index in [1.165, 1.54) is 12.1 Å². The van der Waals surface area contributed by atoms with Gasteiger partial charge in [0.15, 0.2) is 5.78 Å². The van der Waals surface area contributed by atoms with Crippen LogP contribution in [0.15, 0.2) is 24.3 Å². The first-order valence-electron chi connectivity index (χ1n) is 5.27. The molecule has 0 aromatic heterocycles. The van der Waals surface area contributed by atoms with Crippen LogP contribution in [0.5, 0.6) is 0 Å². The molecule has 5 heteroatoms. The third kappa shape index (κ3) is 3.56. The van der Waals surface area contributed by atoms with Gasteiger partial charge in [-0.2, -0.15) is 13.2 Å². The summed E-state index contributed by atoms with van der Waals surface area (Å²) in [6, 6.07) is 4.47. The molecule has 0 aliphatic carbocycles. The highest BCUT2D eigenvalue weighted by Gasteiger charge is 2.31. The van der Waals surface area contributed by atoms with Gasteiger partial charge in [0, 0.05) is 11.5 Å². The second-order valence-corrected chi connectivity index (χ2v) is 3.92. The van der Waals surface area contributed by atoms with E-state index in [0.29, 0.717) is 13.0 Å². The van der Waals surface area contributed by atoms with E-state index in [-0.39, 0.29) is 17.3 Å². The maximum absolute atomic E-state index is 12.4. The van der Waals surface area contributed by atoms with Crippen LogP contribution in [0, 0.1) is 5.92 Å². The zero-order valence-corrected chi connectivity index (χ0v) is 9.42. The quantitative estimate of drug-likeness (QED) is 0.829. The van der Waals surface area contributed by atoms with Crippen molar-refractivity contribution in [2.24, 2.45) is 11.7 Å². The fourth-order valence-electron chi connectivity index (χ4n) is 1.51. The first-order chi connectivity index (χ1) is 7.86. The minimum Gasteiger partial charge on any atom is -0.330 e. The third-order valence-electron chi connectivity index (χ3n) is 2.52. The molecular weight excluding hydrogens is 231 g/mol. The maximum atomic E-state index is 12.4. The van der Waals surface area contributed by atoms with Gasteiger partial charge in [-0.1, -0.05) is 19.1 Å². The fourth-order valence-corrected chi connectivity index (χ4v) is 1.51. The average molecular weight is 245 g/mol. The molecule has 2 nitrogen and oxygen atoms in total. The second-order valence-electron chi connectivity index (χ2n) is 3.92. The minimum atomic E-state index is -4.42. The monoisotopic (exact) mass is 245 g/mol. The van der Waals surface area contributed by atoms with Gasteiger partial charge in [0.25, 0.3) is 0 Å². The average Bonchev–Trinajstić information content (AvgIpc) is 2.27. The van der Waals surface area contributed by atoms with Gasteiger partial charge in [0.05, 0.1) is 5.56 Å². The summed E-state index contributed by atoms with van der Waals surface area (Å²) < 4.78 is 37.3. The molecule has 0 radical (unpaired) electrons. The lowest BCUT2D eigenvalue weighted by Gasteiger charge is -2.11. The van der Waals surface area contributed by atoms with Gasteiger partial charge in [-0.25, -0.2) is 0 Å². The number of hydrogen-bond donors (Lipinski definition) is 1. The molecule has 1 unspecified atom stereocenters. The van der Waals surface area contributed by atoms with Crippen molar-refractivity contribution < 1.29 is 18.0 Å². The molecule has 0 saturated carbocycles. The van der Waals surface area contributed by atoms with E-state index in [1.54, 1.807) is 6.92 Å². The molecule has 0 saturated heterocycles. The van der Waals surface area contributed by atoms with E-state index in [2.05, 4.69) is 0 Å². The van der Waals surface area contributed by atoms with Crippen molar-refractivity contribution in [1.82, 2.24) is 0 Å². The first-order valence-corrected chi connectivity index (χ1v) is 5.27. The van der Waals surface area contributed by atoms with Crippen LogP contribution in [0.3, 0.4) is 0 Å². The Bertz CT molecular complexity index is 401. The smallest absolute Gasteiger partial charge is 0.330 e. The largest absolute Gasteiger partial charge is 0.416 e. The molecule has 94 valence electrons. The lowest BCUT2D eigenvalue weighted by atomic mass is 9.95. The van der Waals surface area contributed by atoms with Crippen molar-refractivity contribution in [3.8, 4) is 0 Å². The lowest BCUT2D eigenvalue weighted by Crippen LogP contribution is -2.16. The number of nitrogens with two attached hydrogens (primary N) is 1. The highest BCUT2D eigenvalue weighted by Crippen LogP contribution is 2.30. The molecule has 0 aliphatic heterocycles. The van der Waals surface area contributed by atoms with Gasteiger partial charge in [-0.15, -0.1) is 0 Å². The lowest BCUT2D eigenvalue weighted by molar-refractivity contribution is -0.137. The number of halogens is 3. The number of alkyl halides is 3. The summed E-state index contributed by atoms with van der Waals surface area (Å²) in [6.07, 6.45) is -3.96. The Morgan fingerprint density at radius 3 is 2.59 bits per heavy atom. The van der Waals surface area contributed by atoms with Crippen LogP contribution in [0.4, 0.5) is 13.2 Å². The van der Waals surface area contributed by atoms with E-state index >= 15 is 0 Å². The van der Waals surface area contributed by atoms with E-state index in [0.717, 1.165) is 12.1 Å². The van der Waals surface area contributed by atoms with Gasteiger partial charge in [-0.3, -0.25) is 4.79 Å². The molecule has 0 amide bonds. The molecule has 0 bridgehead atoms. The summed E-state index contributed by atoms with van der Waals surface area (Å²) in [6.45, 7) is 2.00. The summed E-state index contributed by atoms with van der Waals surface area (Å²) in [5, 5.41) is 0. The van der Waals surface area contributed by atoms with E-state index < -0.39 is 11.7 Å². The SMILES string of the molecule is CC(CCN)C(=O)c1cccc(C(F)(F)F)c1. The number of carbonyl (C=O) groups excluding carboxylic acids is 1. The number of benzene rings is 1. The predicted molar refractivity (Wildman–Crippen MR) is 58.6 cm³/mol. The van der Waals surface area contributed by atoms with Crippen LogP contribution in [0.25, 0.3) is 0 Å². The highest BCUT2D eigenvalue weighted by molar-refractivity contribution is 5.97. The van der Waals surface area contributed by atoms with Crippen molar-refractivity contribution in [2.45, 2.75) is 19.5 Å². The molecule has 0 spiro atoms. The number of hydrogen-bond acceptors (Lipinski definition) is 2. The van der Waals surface area contributed by atoms with E-state index in [4.69, 9.17) is 5.73 Å². The number of carbonyl (C=O) groups is 1. The molecule has 0 aliphatic rings. The predicted octanol–water partition coefficient (Wildman–Crippen LogP) is 2.87. The summed E-state index contributed by atoms with van der Waals surface area (Å²) >= 11 is 0. The number of ketones is 1. The Balaban J connectivity index is 2.96. The molecule has 0 fully saturated rings. The van der Waals surface area contributed by atoms with Crippen molar-refractivity contribution in [1.29, 1.82) is 0 Å². The summed E-state index contributed by atoms with van der Waals surface area (Å²) in [4.78, 5) is 11.8. The Morgan fingerprint density at radius 1 is 1.41 bits per heavy atom. The van der Waals surface area contributed by atoms with Crippen LogP contribution >= 0.6 is 0 Å². The van der Waals surface area contributed by atoms with Crippen LogP contribution < -0.4 is 5.73 Å². The number of rotatable bonds is 4. The molecule has 1 rings (SSSR count). The van der Waals surface area contributed by atoms with Crippen molar-refractivity contribution in [2.75, 3.05) is 6.54 Å². The van der Waals surface area contributed by atoms with E-state index in [9.17, 15) is 18.0 Å². The van der Waals surface area contributed by atoms with Gasteiger partial charge in [0.1, 0.15) is 0 Å². The third-order valence-corrected chi connectivity index (χ3v) is 2.52. The second kappa shape index (κ2) is 5.31. The van der Waals surface area contributed by atoms with Crippen molar-refractivity contribution in [3.63, 3.8) is 0 Å². The Labute approximate surface area is 97.6 Å². The molecule has 1 aromatic rings. The van der Waals surface area contributed by atoms with Crippen LogP contribution in [-0.4, -0.2) is 12.3 Å². The summed E-state index contributed by atoms with van der Waals surface area (Å²) in [7, 11) is 0. The van der Waals surface area contributed by atoms with Crippen LogP contribution in [0.2, 0.25) is 0 Å². The van der Waals surface area contributed by atoms with Gasteiger partial charge in [0.2, 0.25) is 0 Å². The molecular formula is C12H14F3NO. The van der Waals surface area contributed by atoms with Gasteiger partial charge < -0.3 is 5.73 Å². The Hall–Kier alpha value is -1.36. The summed E-state index contributed by atoms with van der Waals surface area (Å²) in [5.74, 6) is -0.662. The molecule has 0 heterocycles.